The van der Waals surface area contributed by atoms with Crippen molar-refractivity contribution in [2.45, 2.75) is 26.8 Å². The zero-order valence-electron chi connectivity index (χ0n) is 16.7. The van der Waals surface area contributed by atoms with E-state index in [4.69, 9.17) is 4.42 Å². The van der Waals surface area contributed by atoms with Crippen molar-refractivity contribution < 1.29 is 19.2 Å². The summed E-state index contributed by atoms with van der Waals surface area (Å²) in [7, 11) is 0. The molecule has 1 aliphatic rings. The van der Waals surface area contributed by atoms with E-state index in [-0.39, 0.29) is 11.7 Å². The largest absolute Gasteiger partial charge is 0.507 e. The zero-order chi connectivity index (χ0) is 20.5. The van der Waals surface area contributed by atoms with Crippen LogP contribution in [0.3, 0.4) is 0 Å². The van der Waals surface area contributed by atoms with Crippen molar-refractivity contribution in [2.24, 2.45) is 0 Å². The number of hydrogen-bond donors (Lipinski definition) is 2. The Morgan fingerprint density at radius 3 is 2.72 bits per heavy atom. The highest BCUT2D eigenvalue weighted by atomic mass is 32.1. The van der Waals surface area contributed by atoms with Gasteiger partial charge in [-0.2, -0.15) is 0 Å². The predicted octanol–water partition coefficient (Wildman–Crippen LogP) is 1.97. The number of carbonyl (C=O) groups is 1. The van der Waals surface area contributed by atoms with Crippen LogP contribution in [0, 0.1) is 6.92 Å². The normalized spacial score (nSPS) is 15.2. The van der Waals surface area contributed by atoms with Crippen LogP contribution < -0.4 is 10.5 Å². The maximum absolute atomic E-state index is 12.6. The first kappa shape index (κ1) is 19.7. The van der Waals surface area contributed by atoms with Gasteiger partial charge in [-0.1, -0.05) is 13.0 Å². The molecule has 0 bridgehead atoms. The Labute approximate surface area is 173 Å². The summed E-state index contributed by atoms with van der Waals surface area (Å²) >= 11 is 1.47. The lowest BCUT2D eigenvalue weighted by Crippen LogP contribution is -3.13. The summed E-state index contributed by atoms with van der Waals surface area (Å²) in [6.45, 7) is 7.35. The molecule has 0 aliphatic carbocycles. The third-order valence-corrected chi connectivity index (χ3v) is 6.54. The second-order valence-electron chi connectivity index (χ2n) is 7.54. The minimum absolute atomic E-state index is 0.0851. The van der Waals surface area contributed by atoms with Crippen molar-refractivity contribution in [3.05, 3.63) is 61.6 Å². The van der Waals surface area contributed by atoms with Crippen LogP contribution in [0.1, 0.15) is 33.3 Å². The molecule has 29 heavy (non-hydrogen) atoms. The second kappa shape index (κ2) is 8.00. The van der Waals surface area contributed by atoms with E-state index in [1.165, 1.54) is 22.3 Å². The number of quaternary nitrogens is 1. The number of aryl methyl sites for hydroxylation is 2. The summed E-state index contributed by atoms with van der Waals surface area (Å²) < 4.78 is 5.51. The van der Waals surface area contributed by atoms with Crippen molar-refractivity contribution in [1.29, 1.82) is 0 Å². The molecule has 3 heterocycles. The predicted molar refractivity (Wildman–Crippen MR) is 113 cm³/mol. The number of carbonyl (C=O) groups excluding carboxylic acids is 1. The van der Waals surface area contributed by atoms with E-state index in [9.17, 15) is 14.7 Å². The van der Waals surface area contributed by atoms with Crippen LogP contribution >= 0.6 is 11.3 Å². The number of rotatable bonds is 4. The number of aromatic hydroxyl groups is 1. The van der Waals surface area contributed by atoms with E-state index < -0.39 is 5.63 Å². The molecule has 7 heteroatoms. The summed E-state index contributed by atoms with van der Waals surface area (Å²) in [6.07, 6.45) is 0.700. The lowest BCUT2D eigenvalue weighted by Gasteiger charge is -2.32. The van der Waals surface area contributed by atoms with Crippen LogP contribution in [-0.2, 0) is 13.0 Å². The Balaban J connectivity index is 1.58. The number of nitrogens with zero attached hydrogens (tertiary/aromatic N) is 1. The molecule has 1 aliphatic heterocycles. The molecule has 0 radical (unpaired) electrons. The number of phenols is 1. The first-order valence-electron chi connectivity index (χ1n) is 9.92. The minimum Gasteiger partial charge on any atom is -0.507 e. The van der Waals surface area contributed by atoms with Gasteiger partial charge in [-0.15, -0.1) is 11.3 Å². The maximum atomic E-state index is 12.6. The molecule has 0 atom stereocenters. The van der Waals surface area contributed by atoms with Crippen LogP contribution in [0.15, 0.2) is 38.9 Å². The van der Waals surface area contributed by atoms with Gasteiger partial charge in [0.05, 0.1) is 36.6 Å². The molecule has 1 saturated heterocycles. The van der Waals surface area contributed by atoms with Gasteiger partial charge in [-0.25, -0.2) is 4.79 Å². The molecular formula is C22H25N2O4S+. The van der Waals surface area contributed by atoms with Gasteiger partial charge in [0.1, 0.15) is 12.3 Å². The molecule has 1 aromatic carbocycles. The molecule has 4 rings (SSSR count). The number of fused-ring (bicyclic) bond motifs is 1. The van der Waals surface area contributed by atoms with E-state index >= 15 is 0 Å². The van der Waals surface area contributed by atoms with E-state index in [1.807, 2.05) is 42.3 Å². The van der Waals surface area contributed by atoms with Crippen LogP contribution in [0.5, 0.6) is 5.75 Å². The fraction of sp³-hybridized carbons (Fsp3) is 0.364. The van der Waals surface area contributed by atoms with Gasteiger partial charge >= 0.3 is 5.63 Å². The molecule has 1 fully saturated rings. The van der Waals surface area contributed by atoms with Gasteiger partial charge in [-0.05, 0) is 42.0 Å². The lowest BCUT2D eigenvalue weighted by molar-refractivity contribution is -0.917. The van der Waals surface area contributed by atoms with Crippen molar-refractivity contribution in [2.75, 3.05) is 26.2 Å². The van der Waals surface area contributed by atoms with Crippen LogP contribution in [-0.4, -0.2) is 42.1 Å². The van der Waals surface area contributed by atoms with Crippen LogP contribution in [0.4, 0.5) is 0 Å². The number of thiophene rings is 1. The van der Waals surface area contributed by atoms with E-state index in [0.717, 1.165) is 34.5 Å². The number of phenolic OH excluding ortho intramolecular Hbond substituents is 1. The first-order valence-corrected chi connectivity index (χ1v) is 10.8. The Morgan fingerprint density at radius 2 is 2.07 bits per heavy atom. The fourth-order valence-electron chi connectivity index (χ4n) is 4.01. The molecular weight excluding hydrogens is 388 g/mol. The molecule has 0 unspecified atom stereocenters. The number of piperazine rings is 1. The Bertz CT molecular complexity index is 1100. The van der Waals surface area contributed by atoms with E-state index in [1.54, 1.807) is 0 Å². The summed E-state index contributed by atoms with van der Waals surface area (Å²) in [5.41, 5.74) is 2.48. The smallest absolute Gasteiger partial charge is 0.336 e. The van der Waals surface area contributed by atoms with Crippen molar-refractivity contribution >= 4 is 28.2 Å². The quantitative estimate of drug-likeness (QED) is 0.642. The second-order valence-corrected chi connectivity index (χ2v) is 8.49. The zero-order valence-corrected chi connectivity index (χ0v) is 17.5. The van der Waals surface area contributed by atoms with Gasteiger partial charge < -0.3 is 19.3 Å². The summed E-state index contributed by atoms with van der Waals surface area (Å²) in [5.74, 6) is 0.306. The average Bonchev–Trinajstić information content (AvgIpc) is 3.25. The third kappa shape index (κ3) is 3.80. The standard InChI is InChI=1S/C22H24N2O4S/c1-3-15-12-16-14(2)11-19(25)28-21(16)17(20(15)26)13-23-6-8-24(9-7-23)22(27)18-5-4-10-29-18/h4-5,10-12,26H,3,6-9,13H2,1-2H3/p+1. The number of benzene rings is 1. The maximum Gasteiger partial charge on any atom is 0.336 e. The Morgan fingerprint density at radius 1 is 1.31 bits per heavy atom. The van der Waals surface area contributed by atoms with E-state index in [2.05, 4.69) is 0 Å². The highest BCUT2D eigenvalue weighted by Crippen LogP contribution is 2.32. The molecule has 2 N–H and O–H groups in total. The Kier molecular flexibility index (Phi) is 5.43. The lowest BCUT2D eigenvalue weighted by atomic mass is 9.99. The van der Waals surface area contributed by atoms with Gasteiger partial charge in [0, 0.05) is 11.5 Å². The number of nitrogens with one attached hydrogen (secondary N) is 1. The van der Waals surface area contributed by atoms with Crippen LogP contribution in [0.2, 0.25) is 0 Å². The van der Waals surface area contributed by atoms with E-state index in [0.29, 0.717) is 37.2 Å². The molecule has 0 saturated carbocycles. The van der Waals surface area contributed by atoms with Crippen molar-refractivity contribution in [3.8, 4) is 5.75 Å². The molecule has 0 spiro atoms. The van der Waals surface area contributed by atoms with Gasteiger partial charge in [0.25, 0.3) is 5.91 Å². The topological polar surface area (TPSA) is 75.2 Å². The van der Waals surface area contributed by atoms with Gasteiger partial charge in [0.15, 0.2) is 5.58 Å². The summed E-state index contributed by atoms with van der Waals surface area (Å²) in [4.78, 5) is 28.4. The highest BCUT2D eigenvalue weighted by molar-refractivity contribution is 7.12. The first-order chi connectivity index (χ1) is 14.0. The molecule has 6 nitrogen and oxygen atoms in total. The summed E-state index contributed by atoms with van der Waals surface area (Å²) in [6, 6.07) is 7.16. The molecule has 2 aromatic heterocycles. The fourth-order valence-corrected chi connectivity index (χ4v) is 4.70. The summed E-state index contributed by atoms with van der Waals surface area (Å²) in [5, 5.41) is 13.6. The molecule has 152 valence electrons. The van der Waals surface area contributed by atoms with Crippen LogP contribution in [0.25, 0.3) is 11.0 Å². The van der Waals surface area contributed by atoms with Crippen molar-refractivity contribution in [1.82, 2.24) is 4.90 Å². The SMILES string of the molecule is CCc1cc2c(C)cc(=O)oc2c(C[NH+]2CCN(C(=O)c3cccs3)CC2)c1O. The van der Waals surface area contributed by atoms with Crippen molar-refractivity contribution in [3.63, 3.8) is 0 Å². The molecule has 1 amide bonds. The monoisotopic (exact) mass is 413 g/mol. The average molecular weight is 414 g/mol. The highest BCUT2D eigenvalue weighted by Gasteiger charge is 2.27. The number of hydrogen-bond acceptors (Lipinski definition) is 5. The van der Waals surface area contributed by atoms with Gasteiger partial charge in [-0.3, -0.25) is 4.79 Å². The molecule has 3 aromatic rings. The van der Waals surface area contributed by atoms with Gasteiger partial charge in [0.2, 0.25) is 0 Å². The Hall–Kier alpha value is -2.64. The third-order valence-electron chi connectivity index (χ3n) is 5.69. The minimum atomic E-state index is -0.402. The number of amides is 1.